The van der Waals surface area contributed by atoms with Crippen molar-refractivity contribution in [3.05, 3.63) is 51.5 Å². The predicted octanol–water partition coefficient (Wildman–Crippen LogP) is 2.38. The highest BCUT2D eigenvalue weighted by molar-refractivity contribution is 7.11. The maximum absolute atomic E-state index is 4.35. The highest BCUT2D eigenvalue weighted by Gasteiger charge is 2.05. The van der Waals surface area contributed by atoms with Gasteiger partial charge in [0, 0.05) is 31.2 Å². The van der Waals surface area contributed by atoms with E-state index in [9.17, 15) is 0 Å². The first-order valence-corrected chi connectivity index (χ1v) is 8.47. The largest absolute Gasteiger partial charge is 0.352 e. The Bertz CT molecular complexity index is 648. The number of benzene rings is 1. The van der Waals surface area contributed by atoms with Gasteiger partial charge in [-0.2, -0.15) is 0 Å². The van der Waals surface area contributed by atoms with E-state index in [0.29, 0.717) is 6.54 Å². The molecule has 2 N–H and O–H groups in total. The van der Waals surface area contributed by atoms with Crippen molar-refractivity contribution in [2.75, 3.05) is 21.1 Å². The first kappa shape index (κ1) is 17.4. The molecule has 1 aromatic carbocycles. The van der Waals surface area contributed by atoms with Gasteiger partial charge in [0.15, 0.2) is 5.96 Å². The standard InChI is InChI=1S/C17H25N5S/c1-13-9-19-16(23-13)11-21-17(18-2)20-10-14-7-5-6-8-15(14)12-22(3)4/h5-9H,10-12H2,1-4H3,(H2,18,20,21). The summed E-state index contributed by atoms with van der Waals surface area (Å²) < 4.78 is 0. The van der Waals surface area contributed by atoms with Crippen LogP contribution in [0.1, 0.15) is 21.0 Å². The summed E-state index contributed by atoms with van der Waals surface area (Å²) in [6, 6.07) is 8.49. The smallest absolute Gasteiger partial charge is 0.191 e. The molecule has 0 fully saturated rings. The molecule has 0 bridgehead atoms. The Morgan fingerprint density at radius 2 is 1.87 bits per heavy atom. The second-order valence-corrected chi connectivity index (χ2v) is 6.97. The van der Waals surface area contributed by atoms with Crippen LogP contribution < -0.4 is 10.6 Å². The molecule has 2 rings (SSSR count). The van der Waals surface area contributed by atoms with E-state index in [2.05, 4.69) is 70.8 Å². The van der Waals surface area contributed by atoms with Gasteiger partial charge in [-0.3, -0.25) is 4.99 Å². The van der Waals surface area contributed by atoms with Crippen LogP contribution in [0.5, 0.6) is 0 Å². The molecule has 0 aliphatic rings. The summed E-state index contributed by atoms with van der Waals surface area (Å²) in [5.41, 5.74) is 2.62. The first-order chi connectivity index (χ1) is 11.1. The zero-order valence-corrected chi connectivity index (χ0v) is 15.1. The van der Waals surface area contributed by atoms with Gasteiger partial charge in [-0.05, 0) is 32.1 Å². The molecule has 0 aliphatic heterocycles. The number of aliphatic imine (C=N–C) groups is 1. The average Bonchev–Trinajstić information content (AvgIpc) is 2.94. The molecule has 0 saturated carbocycles. The molecule has 0 atom stereocenters. The fourth-order valence-corrected chi connectivity index (χ4v) is 2.99. The van der Waals surface area contributed by atoms with Crippen molar-refractivity contribution in [1.29, 1.82) is 0 Å². The maximum Gasteiger partial charge on any atom is 0.191 e. The summed E-state index contributed by atoms with van der Waals surface area (Å²) in [6.45, 7) is 4.44. The van der Waals surface area contributed by atoms with Gasteiger partial charge in [-0.1, -0.05) is 24.3 Å². The highest BCUT2D eigenvalue weighted by Crippen LogP contribution is 2.11. The van der Waals surface area contributed by atoms with Crippen LogP contribution in [0.15, 0.2) is 35.5 Å². The van der Waals surface area contributed by atoms with Gasteiger partial charge in [-0.25, -0.2) is 4.98 Å². The Morgan fingerprint density at radius 1 is 1.17 bits per heavy atom. The zero-order valence-electron chi connectivity index (χ0n) is 14.3. The molecule has 6 heteroatoms. The van der Waals surface area contributed by atoms with Gasteiger partial charge in [0.2, 0.25) is 0 Å². The molecule has 0 amide bonds. The van der Waals surface area contributed by atoms with Crippen molar-refractivity contribution in [3.63, 3.8) is 0 Å². The van der Waals surface area contributed by atoms with Crippen molar-refractivity contribution in [1.82, 2.24) is 20.5 Å². The molecule has 0 aliphatic carbocycles. The summed E-state index contributed by atoms with van der Waals surface area (Å²) in [4.78, 5) is 12.0. The average molecular weight is 331 g/mol. The molecule has 1 aromatic heterocycles. The van der Waals surface area contributed by atoms with Gasteiger partial charge >= 0.3 is 0 Å². The van der Waals surface area contributed by atoms with E-state index >= 15 is 0 Å². The van der Waals surface area contributed by atoms with Crippen LogP contribution in [0.25, 0.3) is 0 Å². The lowest BCUT2D eigenvalue weighted by Gasteiger charge is -2.16. The monoisotopic (exact) mass is 331 g/mol. The number of rotatable bonds is 6. The number of aryl methyl sites for hydroxylation is 1. The molecule has 2 aromatic rings. The van der Waals surface area contributed by atoms with Crippen LogP contribution in [0, 0.1) is 6.92 Å². The number of hydrogen-bond donors (Lipinski definition) is 2. The summed E-state index contributed by atoms with van der Waals surface area (Å²) in [7, 11) is 5.95. The molecule has 23 heavy (non-hydrogen) atoms. The maximum atomic E-state index is 4.35. The minimum Gasteiger partial charge on any atom is -0.352 e. The van der Waals surface area contributed by atoms with Gasteiger partial charge < -0.3 is 15.5 Å². The van der Waals surface area contributed by atoms with E-state index in [4.69, 9.17) is 0 Å². The van der Waals surface area contributed by atoms with Gasteiger partial charge in [-0.15, -0.1) is 11.3 Å². The Labute approximate surface area is 142 Å². The zero-order chi connectivity index (χ0) is 16.7. The van der Waals surface area contributed by atoms with Gasteiger partial charge in [0.05, 0.1) is 6.54 Å². The van der Waals surface area contributed by atoms with E-state index in [1.54, 1.807) is 18.4 Å². The van der Waals surface area contributed by atoms with Gasteiger partial charge in [0.25, 0.3) is 0 Å². The van der Waals surface area contributed by atoms with Crippen LogP contribution in [0.2, 0.25) is 0 Å². The van der Waals surface area contributed by atoms with Crippen LogP contribution in [-0.4, -0.2) is 37.0 Å². The summed E-state index contributed by atoms with van der Waals surface area (Å²) >= 11 is 1.70. The minimum absolute atomic E-state index is 0.692. The van der Waals surface area contributed by atoms with Crippen molar-refractivity contribution in [2.24, 2.45) is 4.99 Å². The lowest BCUT2D eigenvalue weighted by molar-refractivity contribution is 0.400. The van der Waals surface area contributed by atoms with Crippen LogP contribution >= 0.6 is 11.3 Å². The van der Waals surface area contributed by atoms with E-state index in [-0.39, 0.29) is 0 Å². The second kappa shape index (κ2) is 8.64. The number of hydrogen-bond acceptors (Lipinski definition) is 4. The molecule has 124 valence electrons. The third-order valence-corrected chi connectivity index (χ3v) is 4.26. The molecular formula is C17H25N5S. The third-order valence-electron chi connectivity index (χ3n) is 3.35. The number of aromatic nitrogens is 1. The van der Waals surface area contributed by atoms with E-state index < -0.39 is 0 Å². The number of nitrogens with one attached hydrogen (secondary N) is 2. The van der Waals surface area contributed by atoms with E-state index in [1.165, 1.54) is 16.0 Å². The topological polar surface area (TPSA) is 52.6 Å². The normalized spacial score (nSPS) is 11.8. The van der Waals surface area contributed by atoms with Crippen molar-refractivity contribution in [2.45, 2.75) is 26.6 Å². The predicted molar refractivity (Wildman–Crippen MR) is 97.7 cm³/mol. The van der Waals surface area contributed by atoms with Crippen LogP contribution in [-0.2, 0) is 19.6 Å². The Kier molecular flexibility index (Phi) is 6.55. The molecular weight excluding hydrogens is 306 g/mol. The first-order valence-electron chi connectivity index (χ1n) is 7.66. The van der Waals surface area contributed by atoms with Crippen molar-refractivity contribution >= 4 is 17.3 Å². The number of nitrogens with zero attached hydrogens (tertiary/aromatic N) is 3. The molecule has 0 saturated heterocycles. The lowest BCUT2D eigenvalue weighted by Crippen LogP contribution is -2.36. The summed E-state index contributed by atoms with van der Waals surface area (Å²) in [5.74, 6) is 0.789. The SMILES string of the molecule is CN=C(NCc1ncc(C)s1)NCc1ccccc1CN(C)C. The Balaban J connectivity index is 1.90. The highest BCUT2D eigenvalue weighted by atomic mass is 32.1. The summed E-state index contributed by atoms with van der Waals surface area (Å²) in [5, 5.41) is 7.75. The van der Waals surface area contributed by atoms with Crippen molar-refractivity contribution in [3.8, 4) is 0 Å². The third kappa shape index (κ3) is 5.65. The Hall–Kier alpha value is -1.92. The lowest BCUT2D eigenvalue weighted by atomic mass is 10.1. The van der Waals surface area contributed by atoms with Crippen LogP contribution in [0.3, 0.4) is 0 Å². The molecule has 0 unspecified atom stereocenters. The molecule has 0 spiro atoms. The van der Waals surface area contributed by atoms with Crippen LogP contribution in [0.4, 0.5) is 0 Å². The quantitative estimate of drug-likeness (QED) is 0.630. The number of thiazole rings is 1. The molecule has 0 radical (unpaired) electrons. The number of guanidine groups is 1. The van der Waals surface area contributed by atoms with E-state index in [1.807, 2.05) is 6.20 Å². The second-order valence-electron chi connectivity index (χ2n) is 5.65. The van der Waals surface area contributed by atoms with Crippen molar-refractivity contribution < 1.29 is 0 Å². The fraction of sp³-hybridized carbons (Fsp3) is 0.412. The minimum atomic E-state index is 0.692. The van der Waals surface area contributed by atoms with E-state index in [0.717, 1.165) is 24.1 Å². The summed E-state index contributed by atoms with van der Waals surface area (Å²) in [6.07, 6.45) is 1.90. The molecule has 1 heterocycles. The Morgan fingerprint density at radius 3 is 2.48 bits per heavy atom. The molecule has 5 nitrogen and oxygen atoms in total. The fourth-order valence-electron chi connectivity index (χ4n) is 2.27. The van der Waals surface area contributed by atoms with Gasteiger partial charge in [0.1, 0.15) is 5.01 Å².